The fourth-order valence-electron chi connectivity index (χ4n) is 0.657. The van der Waals surface area contributed by atoms with Gasteiger partial charge in [0.25, 0.3) is 0 Å². The normalized spacial score (nSPS) is 8.73. The Morgan fingerprint density at radius 2 is 2.36 bits per heavy atom. The minimum atomic E-state index is 0.139. The van der Waals surface area contributed by atoms with E-state index in [4.69, 9.17) is 10.8 Å². The summed E-state index contributed by atoms with van der Waals surface area (Å²) in [5, 5.41) is 16.4. The van der Waals surface area contributed by atoms with Gasteiger partial charge in [-0.3, -0.25) is 15.8 Å². The summed E-state index contributed by atoms with van der Waals surface area (Å²) in [4.78, 5) is 3.91. The number of hydrogen-bond acceptors (Lipinski definition) is 3. The number of amidine groups is 1. The minimum absolute atomic E-state index is 0.139. The zero-order chi connectivity index (χ0) is 8.10. The molecule has 0 amide bonds. The van der Waals surface area contributed by atoms with Gasteiger partial charge in [0.05, 0.1) is 6.34 Å². The van der Waals surface area contributed by atoms with Crippen LogP contribution in [-0.4, -0.2) is 17.2 Å². The van der Waals surface area contributed by atoms with E-state index < -0.39 is 0 Å². The van der Waals surface area contributed by atoms with Gasteiger partial charge in [-0.05, 0) is 12.1 Å². The molecule has 56 valence electrons. The van der Waals surface area contributed by atoms with Crippen LogP contribution in [0.15, 0.2) is 24.4 Å². The molecule has 0 aromatic carbocycles. The van der Waals surface area contributed by atoms with Gasteiger partial charge in [-0.25, -0.2) is 0 Å². The second-order valence-corrected chi connectivity index (χ2v) is 1.88. The second kappa shape index (κ2) is 3.46. The zero-order valence-electron chi connectivity index (χ0n) is 5.83. The Balaban J connectivity index is 2.77. The summed E-state index contributed by atoms with van der Waals surface area (Å²) in [7, 11) is 0. The lowest BCUT2D eigenvalue weighted by molar-refractivity contribution is 1.21. The molecular formula is C7H8N4. The van der Waals surface area contributed by atoms with Gasteiger partial charge in [-0.15, -0.1) is 0 Å². The van der Waals surface area contributed by atoms with E-state index in [1.165, 1.54) is 0 Å². The van der Waals surface area contributed by atoms with E-state index in [0.717, 1.165) is 6.34 Å². The van der Waals surface area contributed by atoms with Gasteiger partial charge in [-0.2, -0.15) is 0 Å². The molecule has 1 aromatic rings. The first-order chi connectivity index (χ1) is 5.34. The highest BCUT2D eigenvalue weighted by atomic mass is 15.0. The molecule has 0 aliphatic heterocycles. The standard InChI is InChI=1S/C7H8N4/c8-5-11-7(9)6-3-1-2-4-10-6/h1-5H,(H3,8,9,11). The van der Waals surface area contributed by atoms with Gasteiger partial charge in [0.1, 0.15) is 11.5 Å². The maximum atomic E-state index is 7.30. The molecule has 0 saturated heterocycles. The molecule has 1 rings (SSSR count). The van der Waals surface area contributed by atoms with Crippen molar-refractivity contribution in [2.24, 2.45) is 0 Å². The average Bonchev–Trinajstić information content (AvgIpc) is 2.07. The fourth-order valence-corrected chi connectivity index (χ4v) is 0.657. The number of aromatic nitrogens is 1. The van der Waals surface area contributed by atoms with E-state index in [2.05, 4.69) is 10.3 Å². The maximum absolute atomic E-state index is 7.30. The van der Waals surface area contributed by atoms with E-state index in [1.807, 2.05) is 0 Å². The summed E-state index contributed by atoms with van der Waals surface area (Å²) in [6.45, 7) is 0. The fraction of sp³-hybridized carbons (Fsp3) is 0. The molecule has 0 radical (unpaired) electrons. The molecule has 11 heavy (non-hydrogen) atoms. The molecule has 3 N–H and O–H groups in total. The third-order valence-corrected chi connectivity index (χ3v) is 1.14. The lowest BCUT2D eigenvalue weighted by atomic mass is 10.3. The highest BCUT2D eigenvalue weighted by Gasteiger charge is 1.96. The number of rotatable bonds is 2. The van der Waals surface area contributed by atoms with Crippen LogP contribution in [-0.2, 0) is 0 Å². The molecule has 4 nitrogen and oxygen atoms in total. The molecule has 0 bridgehead atoms. The molecule has 1 heterocycles. The quantitative estimate of drug-likeness (QED) is 0.424. The number of nitrogens with zero attached hydrogens (tertiary/aromatic N) is 1. The number of pyridine rings is 1. The van der Waals surface area contributed by atoms with Crippen molar-refractivity contribution in [1.29, 1.82) is 10.8 Å². The van der Waals surface area contributed by atoms with Crippen molar-refractivity contribution in [2.75, 3.05) is 0 Å². The Labute approximate surface area is 64.3 Å². The van der Waals surface area contributed by atoms with Gasteiger partial charge < -0.3 is 5.32 Å². The van der Waals surface area contributed by atoms with E-state index in [9.17, 15) is 0 Å². The lowest BCUT2D eigenvalue weighted by Crippen LogP contribution is -2.21. The Hall–Kier alpha value is -1.71. The van der Waals surface area contributed by atoms with Gasteiger partial charge in [-0.1, -0.05) is 6.07 Å². The number of nitrogens with one attached hydrogen (secondary N) is 3. The van der Waals surface area contributed by atoms with Crippen LogP contribution in [0.4, 0.5) is 0 Å². The molecule has 0 spiro atoms. The van der Waals surface area contributed by atoms with Crippen molar-refractivity contribution >= 4 is 12.2 Å². The topological polar surface area (TPSA) is 72.6 Å². The second-order valence-electron chi connectivity index (χ2n) is 1.88. The summed E-state index contributed by atoms with van der Waals surface area (Å²) >= 11 is 0. The van der Waals surface area contributed by atoms with E-state index in [-0.39, 0.29) is 5.84 Å². The highest BCUT2D eigenvalue weighted by Crippen LogP contribution is 1.90. The Kier molecular flexibility index (Phi) is 2.32. The predicted octanol–water partition coefficient (Wildman–Crippen LogP) is 0.604. The lowest BCUT2D eigenvalue weighted by Gasteiger charge is -1.99. The monoisotopic (exact) mass is 148 g/mol. The third-order valence-electron chi connectivity index (χ3n) is 1.14. The first-order valence-electron chi connectivity index (χ1n) is 3.10. The zero-order valence-corrected chi connectivity index (χ0v) is 5.83. The number of hydrogen-bond donors (Lipinski definition) is 3. The predicted molar refractivity (Wildman–Crippen MR) is 43.0 cm³/mol. The van der Waals surface area contributed by atoms with Gasteiger partial charge in [0.2, 0.25) is 0 Å². The van der Waals surface area contributed by atoms with Crippen LogP contribution in [0, 0.1) is 10.8 Å². The van der Waals surface area contributed by atoms with Crippen molar-refractivity contribution in [3.05, 3.63) is 30.1 Å². The minimum Gasteiger partial charge on any atom is -0.330 e. The van der Waals surface area contributed by atoms with Crippen molar-refractivity contribution in [3.8, 4) is 0 Å². The molecule has 0 atom stereocenters. The first-order valence-corrected chi connectivity index (χ1v) is 3.10. The molecule has 0 unspecified atom stereocenters. The van der Waals surface area contributed by atoms with Gasteiger partial charge in [0.15, 0.2) is 0 Å². The molecular weight excluding hydrogens is 140 g/mol. The summed E-state index contributed by atoms with van der Waals surface area (Å²) in [6.07, 6.45) is 2.56. The molecule has 0 saturated carbocycles. The van der Waals surface area contributed by atoms with Crippen LogP contribution in [0.1, 0.15) is 5.69 Å². The van der Waals surface area contributed by atoms with Crippen LogP contribution < -0.4 is 5.32 Å². The van der Waals surface area contributed by atoms with E-state index in [1.54, 1.807) is 24.4 Å². The summed E-state index contributed by atoms with van der Waals surface area (Å²) in [6, 6.07) is 5.28. The third kappa shape index (κ3) is 1.86. The maximum Gasteiger partial charge on any atom is 0.149 e. The Morgan fingerprint density at radius 3 is 2.91 bits per heavy atom. The summed E-state index contributed by atoms with van der Waals surface area (Å²) in [5.74, 6) is 0.139. The molecule has 0 aliphatic carbocycles. The molecule has 4 heteroatoms. The largest absolute Gasteiger partial charge is 0.330 e. The van der Waals surface area contributed by atoms with Crippen molar-refractivity contribution in [2.45, 2.75) is 0 Å². The molecule has 1 aromatic heterocycles. The van der Waals surface area contributed by atoms with Crippen molar-refractivity contribution in [3.63, 3.8) is 0 Å². The molecule has 0 fully saturated rings. The Bertz CT molecular complexity index is 254. The van der Waals surface area contributed by atoms with Crippen LogP contribution in [0.25, 0.3) is 0 Å². The SMILES string of the molecule is N=CNC(=N)c1ccccn1. The smallest absolute Gasteiger partial charge is 0.149 e. The van der Waals surface area contributed by atoms with Crippen molar-refractivity contribution in [1.82, 2.24) is 10.3 Å². The van der Waals surface area contributed by atoms with Crippen LogP contribution in [0.2, 0.25) is 0 Å². The Morgan fingerprint density at radius 1 is 1.55 bits per heavy atom. The van der Waals surface area contributed by atoms with Crippen molar-refractivity contribution < 1.29 is 0 Å². The van der Waals surface area contributed by atoms with Crippen LogP contribution >= 0.6 is 0 Å². The van der Waals surface area contributed by atoms with Crippen LogP contribution in [0.3, 0.4) is 0 Å². The highest BCUT2D eigenvalue weighted by molar-refractivity contribution is 6.00. The van der Waals surface area contributed by atoms with Gasteiger partial charge >= 0.3 is 0 Å². The van der Waals surface area contributed by atoms with E-state index in [0.29, 0.717) is 5.69 Å². The first kappa shape index (κ1) is 7.40. The van der Waals surface area contributed by atoms with Crippen LogP contribution in [0.5, 0.6) is 0 Å². The summed E-state index contributed by atoms with van der Waals surface area (Å²) < 4.78 is 0. The summed E-state index contributed by atoms with van der Waals surface area (Å²) in [5.41, 5.74) is 0.538. The van der Waals surface area contributed by atoms with Gasteiger partial charge in [0, 0.05) is 6.20 Å². The average molecular weight is 148 g/mol. The molecule has 0 aliphatic rings. The van der Waals surface area contributed by atoms with E-state index >= 15 is 0 Å².